The van der Waals surface area contributed by atoms with Gasteiger partial charge in [0.1, 0.15) is 0 Å². The van der Waals surface area contributed by atoms with E-state index in [1.807, 2.05) is 0 Å². The molecule has 12 heavy (non-hydrogen) atoms. The van der Waals surface area contributed by atoms with E-state index < -0.39 is 0 Å². The van der Waals surface area contributed by atoms with Gasteiger partial charge in [-0.15, -0.1) is 0 Å². The Balaban J connectivity index is 2.35. The molecule has 0 radical (unpaired) electrons. The number of amides is 1. The Morgan fingerprint density at radius 3 is 2.50 bits per heavy atom. The molecular formula is C8H17N3O. The number of rotatable bonds is 1. The van der Waals surface area contributed by atoms with Crippen LogP contribution in [0.1, 0.15) is 26.2 Å². The van der Waals surface area contributed by atoms with Crippen LogP contribution in [0.2, 0.25) is 0 Å². The molecule has 1 aliphatic carbocycles. The van der Waals surface area contributed by atoms with E-state index in [0.29, 0.717) is 0 Å². The Kier molecular flexibility index (Phi) is 3.05. The van der Waals surface area contributed by atoms with Gasteiger partial charge in [-0.25, -0.2) is 0 Å². The maximum Gasteiger partial charge on any atom is 0.217 e. The number of hydrogen-bond acceptors (Lipinski definition) is 3. The van der Waals surface area contributed by atoms with Gasteiger partial charge in [0.15, 0.2) is 0 Å². The largest absolute Gasteiger partial charge is 0.354 e. The highest BCUT2D eigenvalue weighted by Gasteiger charge is 2.25. The van der Waals surface area contributed by atoms with Crippen LogP contribution in [0.15, 0.2) is 0 Å². The fourth-order valence-corrected chi connectivity index (χ4v) is 1.65. The van der Waals surface area contributed by atoms with Crippen molar-refractivity contribution in [2.45, 2.75) is 44.3 Å². The lowest BCUT2D eigenvalue weighted by molar-refractivity contribution is -0.119. The predicted molar refractivity (Wildman–Crippen MR) is 47.4 cm³/mol. The van der Waals surface area contributed by atoms with Crippen molar-refractivity contribution in [2.24, 2.45) is 11.5 Å². The van der Waals surface area contributed by atoms with Crippen molar-refractivity contribution in [2.75, 3.05) is 0 Å². The summed E-state index contributed by atoms with van der Waals surface area (Å²) in [5, 5.41) is 2.86. The normalized spacial score (nSPS) is 36.1. The molecule has 2 unspecified atom stereocenters. The highest BCUT2D eigenvalue weighted by Crippen LogP contribution is 2.15. The first kappa shape index (κ1) is 9.48. The van der Waals surface area contributed by atoms with Gasteiger partial charge in [0.05, 0.1) is 0 Å². The molecule has 1 amide bonds. The van der Waals surface area contributed by atoms with Crippen molar-refractivity contribution in [3.8, 4) is 0 Å². The van der Waals surface area contributed by atoms with E-state index in [0.717, 1.165) is 19.3 Å². The van der Waals surface area contributed by atoms with E-state index >= 15 is 0 Å². The van der Waals surface area contributed by atoms with E-state index in [1.165, 1.54) is 6.92 Å². The van der Waals surface area contributed by atoms with E-state index in [4.69, 9.17) is 11.5 Å². The zero-order chi connectivity index (χ0) is 9.14. The summed E-state index contributed by atoms with van der Waals surface area (Å²) >= 11 is 0. The Bertz CT molecular complexity index is 172. The van der Waals surface area contributed by atoms with Gasteiger partial charge in [-0.3, -0.25) is 4.79 Å². The highest BCUT2D eigenvalue weighted by atomic mass is 16.1. The topological polar surface area (TPSA) is 81.1 Å². The fourth-order valence-electron chi connectivity index (χ4n) is 1.65. The molecule has 3 atom stereocenters. The van der Waals surface area contributed by atoms with Gasteiger partial charge in [0.2, 0.25) is 5.91 Å². The van der Waals surface area contributed by atoms with E-state index in [2.05, 4.69) is 5.32 Å². The maximum atomic E-state index is 10.7. The molecule has 1 rings (SSSR count). The molecule has 0 heterocycles. The van der Waals surface area contributed by atoms with Crippen molar-refractivity contribution in [3.05, 3.63) is 0 Å². The van der Waals surface area contributed by atoms with Crippen LogP contribution in [0.4, 0.5) is 0 Å². The summed E-state index contributed by atoms with van der Waals surface area (Å²) in [6.07, 6.45) is 2.67. The molecule has 0 aliphatic heterocycles. The SMILES string of the molecule is CC(=O)N[C@H]1CCC(N)C(N)C1. The van der Waals surface area contributed by atoms with Gasteiger partial charge in [-0.1, -0.05) is 0 Å². The summed E-state index contributed by atoms with van der Waals surface area (Å²) in [6, 6.07) is 0.378. The quantitative estimate of drug-likeness (QED) is 0.489. The molecule has 0 aromatic carbocycles. The third kappa shape index (κ3) is 2.46. The number of carbonyl (C=O) groups is 1. The van der Waals surface area contributed by atoms with Gasteiger partial charge in [-0.2, -0.15) is 0 Å². The minimum Gasteiger partial charge on any atom is -0.354 e. The minimum absolute atomic E-state index is 0.0164. The summed E-state index contributed by atoms with van der Waals surface area (Å²) in [7, 11) is 0. The summed E-state index contributed by atoms with van der Waals surface area (Å²) < 4.78 is 0. The lowest BCUT2D eigenvalue weighted by atomic mass is 9.88. The molecule has 4 heteroatoms. The van der Waals surface area contributed by atoms with Crippen LogP contribution in [0.25, 0.3) is 0 Å². The van der Waals surface area contributed by atoms with Crippen molar-refractivity contribution >= 4 is 5.91 Å². The Hall–Kier alpha value is -0.610. The zero-order valence-corrected chi connectivity index (χ0v) is 7.42. The first-order valence-electron chi connectivity index (χ1n) is 4.38. The van der Waals surface area contributed by atoms with Crippen molar-refractivity contribution in [3.63, 3.8) is 0 Å². The molecule has 1 fully saturated rings. The molecule has 0 saturated heterocycles. The van der Waals surface area contributed by atoms with Gasteiger partial charge in [0, 0.05) is 25.0 Å². The number of nitrogens with two attached hydrogens (primary N) is 2. The molecule has 5 N–H and O–H groups in total. The smallest absolute Gasteiger partial charge is 0.217 e. The fraction of sp³-hybridized carbons (Fsp3) is 0.875. The Morgan fingerprint density at radius 1 is 1.33 bits per heavy atom. The van der Waals surface area contributed by atoms with Crippen LogP contribution >= 0.6 is 0 Å². The molecule has 0 aromatic rings. The molecule has 0 aromatic heterocycles. The number of carbonyl (C=O) groups excluding carboxylic acids is 1. The molecule has 70 valence electrons. The summed E-state index contributed by atoms with van der Waals surface area (Å²) in [5.41, 5.74) is 11.5. The number of hydrogen-bond donors (Lipinski definition) is 3. The zero-order valence-electron chi connectivity index (χ0n) is 7.42. The molecule has 0 spiro atoms. The van der Waals surface area contributed by atoms with Crippen molar-refractivity contribution < 1.29 is 4.79 Å². The lowest BCUT2D eigenvalue weighted by Crippen LogP contribution is -2.51. The first-order chi connectivity index (χ1) is 5.59. The van der Waals surface area contributed by atoms with E-state index in [1.54, 1.807) is 0 Å². The van der Waals surface area contributed by atoms with Gasteiger partial charge in [-0.05, 0) is 19.3 Å². The van der Waals surface area contributed by atoms with Crippen LogP contribution < -0.4 is 16.8 Å². The van der Waals surface area contributed by atoms with E-state index in [9.17, 15) is 4.79 Å². The second kappa shape index (κ2) is 3.87. The average Bonchev–Trinajstić information content (AvgIpc) is 1.96. The molecule has 4 nitrogen and oxygen atoms in total. The molecular weight excluding hydrogens is 154 g/mol. The van der Waals surface area contributed by atoms with Crippen molar-refractivity contribution in [1.29, 1.82) is 0 Å². The van der Waals surface area contributed by atoms with Crippen LogP contribution in [-0.4, -0.2) is 24.0 Å². The molecule has 1 saturated carbocycles. The summed E-state index contributed by atoms with van der Waals surface area (Å²) in [6.45, 7) is 1.53. The van der Waals surface area contributed by atoms with E-state index in [-0.39, 0.29) is 24.0 Å². The van der Waals surface area contributed by atoms with Gasteiger partial charge >= 0.3 is 0 Å². The highest BCUT2D eigenvalue weighted by molar-refractivity contribution is 5.73. The molecule has 1 aliphatic rings. The Labute approximate surface area is 72.7 Å². The van der Waals surface area contributed by atoms with Gasteiger partial charge < -0.3 is 16.8 Å². The van der Waals surface area contributed by atoms with Crippen LogP contribution in [0.3, 0.4) is 0 Å². The van der Waals surface area contributed by atoms with Crippen molar-refractivity contribution in [1.82, 2.24) is 5.32 Å². The summed E-state index contributed by atoms with van der Waals surface area (Å²) in [4.78, 5) is 10.7. The monoisotopic (exact) mass is 171 g/mol. The average molecular weight is 171 g/mol. The third-order valence-electron chi connectivity index (χ3n) is 2.36. The Morgan fingerprint density at radius 2 is 2.00 bits per heavy atom. The van der Waals surface area contributed by atoms with Crippen LogP contribution in [0, 0.1) is 0 Å². The van der Waals surface area contributed by atoms with Crippen LogP contribution in [0.5, 0.6) is 0 Å². The predicted octanol–water partition coefficient (Wildman–Crippen LogP) is -0.670. The number of nitrogens with one attached hydrogen (secondary N) is 1. The van der Waals surface area contributed by atoms with Gasteiger partial charge in [0.25, 0.3) is 0 Å². The third-order valence-corrected chi connectivity index (χ3v) is 2.36. The second-order valence-corrected chi connectivity index (χ2v) is 3.54. The first-order valence-corrected chi connectivity index (χ1v) is 4.38. The lowest BCUT2D eigenvalue weighted by Gasteiger charge is -2.31. The summed E-state index contributed by atoms with van der Waals surface area (Å²) in [5.74, 6) is 0.0164. The molecule has 0 bridgehead atoms. The maximum absolute atomic E-state index is 10.7. The minimum atomic E-state index is 0.0164. The second-order valence-electron chi connectivity index (χ2n) is 3.54. The standard InChI is InChI=1S/C8H17N3O/c1-5(12)11-6-2-3-7(9)8(10)4-6/h6-8H,2-4,9-10H2,1H3,(H,11,12)/t6-,7?,8?/m0/s1. The van der Waals surface area contributed by atoms with Crippen LogP contribution in [-0.2, 0) is 4.79 Å².